The number of amides is 2. The second-order valence-corrected chi connectivity index (χ2v) is 4.62. The zero-order valence-electron chi connectivity index (χ0n) is 9.15. The minimum absolute atomic E-state index is 0.151. The molecular weight excluding hydrogens is 260 g/mol. The van der Waals surface area contributed by atoms with Crippen LogP contribution in [0.2, 0.25) is 5.02 Å². The minimum atomic E-state index is -0.151. The lowest BCUT2D eigenvalue weighted by Crippen LogP contribution is -2.43. The van der Waals surface area contributed by atoms with Gasteiger partial charge in [-0.2, -0.15) is 0 Å². The summed E-state index contributed by atoms with van der Waals surface area (Å²) in [5.41, 5.74) is 0.598. The fourth-order valence-corrected chi connectivity index (χ4v) is 2.07. The van der Waals surface area contributed by atoms with Gasteiger partial charge >= 0.3 is 6.03 Å². The Labute approximate surface area is 110 Å². The van der Waals surface area contributed by atoms with Crippen molar-refractivity contribution in [3.63, 3.8) is 0 Å². The van der Waals surface area contributed by atoms with Crippen LogP contribution in [0.3, 0.4) is 0 Å². The van der Waals surface area contributed by atoms with Crippen LogP contribution in [0.4, 0.5) is 10.5 Å². The van der Waals surface area contributed by atoms with Crippen LogP contribution in [0.1, 0.15) is 0 Å². The number of rotatable bonds is 1. The van der Waals surface area contributed by atoms with E-state index in [1.807, 2.05) is 0 Å². The first-order valence-corrected chi connectivity index (χ1v) is 6.11. The van der Waals surface area contributed by atoms with Gasteiger partial charge in [-0.25, -0.2) is 4.79 Å². The van der Waals surface area contributed by atoms with Crippen molar-refractivity contribution in [1.82, 2.24) is 4.90 Å². The Morgan fingerprint density at radius 2 is 2.12 bits per heavy atom. The molecule has 6 heteroatoms. The molecule has 0 radical (unpaired) electrons. The monoisotopic (exact) mass is 272 g/mol. The Morgan fingerprint density at radius 1 is 1.41 bits per heavy atom. The third-order valence-corrected chi connectivity index (χ3v) is 3.08. The highest BCUT2D eigenvalue weighted by molar-refractivity contribution is 7.80. The Hall–Kier alpha value is -0.910. The second-order valence-electron chi connectivity index (χ2n) is 3.69. The summed E-state index contributed by atoms with van der Waals surface area (Å²) in [6.45, 7) is 2.37. The first-order valence-electron chi connectivity index (χ1n) is 5.29. The molecule has 1 aliphatic rings. The molecule has 0 bridgehead atoms. The van der Waals surface area contributed by atoms with Crippen molar-refractivity contribution in [1.29, 1.82) is 0 Å². The van der Waals surface area contributed by atoms with E-state index in [4.69, 9.17) is 16.3 Å². The molecule has 0 unspecified atom stereocenters. The van der Waals surface area contributed by atoms with Crippen LogP contribution in [0, 0.1) is 0 Å². The van der Waals surface area contributed by atoms with E-state index >= 15 is 0 Å². The van der Waals surface area contributed by atoms with E-state index in [1.54, 1.807) is 23.1 Å². The summed E-state index contributed by atoms with van der Waals surface area (Å²) in [6, 6.07) is 5.06. The van der Waals surface area contributed by atoms with Crippen LogP contribution in [-0.2, 0) is 4.74 Å². The van der Waals surface area contributed by atoms with Crippen LogP contribution in [0.15, 0.2) is 23.1 Å². The molecule has 4 nitrogen and oxygen atoms in total. The molecule has 0 aromatic heterocycles. The highest BCUT2D eigenvalue weighted by Gasteiger charge is 2.17. The summed E-state index contributed by atoms with van der Waals surface area (Å²) in [4.78, 5) is 14.4. The lowest BCUT2D eigenvalue weighted by molar-refractivity contribution is 0.0564. The van der Waals surface area contributed by atoms with Gasteiger partial charge in [0.15, 0.2) is 0 Å². The largest absolute Gasteiger partial charge is 0.378 e. The number of carbonyl (C=O) groups excluding carboxylic acids is 1. The van der Waals surface area contributed by atoms with Gasteiger partial charge in [-0.3, -0.25) is 0 Å². The van der Waals surface area contributed by atoms with Gasteiger partial charge in [0.1, 0.15) is 0 Å². The highest BCUT2D eigenvalue weighted by Crippen LogP contribution is 2.24. The van der Waals surface area contributed by atoms with Crippen molar-refractivity contribution in [2.75, 3.05) is 31.6 Å². The van der Waals surface area contributed by atoms with E-state index in [0.717, 1.165) is 4.90 Å². The van der Waals surface area contributed by atoms with Crippen LogP contribution in [-0.4, -0.2) is 37.2 Å². The lowest BCUT2D eigenvalue weighted by Gasteiger charge is -2.27. The fourth-order valence-electron chi connectivity index (χ4n) is 1.57. The zero-order chi connectivity index (χ0) is 12.3. The molecule has 1 N–H and O–H groups in total. The Kier molecular flexibility index (Phi) is 4.15. The predicted molar refractivity (Wildman–Crippen MR) is 70.1 cm³/mol. The molecule has 2 amide bonds. The number of morpholine rings is 1. The van der Waals surface area contributed by atoms with E-state index in [0.29, 0.717) is 37.0 Å². The zero-order valence-corrected chi connectivity index (χ0v) is 10.8. The number of nitrogens with one attached hydrogen (secondary N) is 1. The molecule has 1 aromatic carbocycles. The number of hydrogen-bond donors (Lipinski definition) is 2. The molecule has 1 heterocycles. The summed E-state index contributed by atoms with van der Waals surface area (Å²) >= 11 is 10.2. The Morgan fingerprint density at radius 3 is 2.76 bits per heavy atom. The van der Waals surface area contributed by atoms with Crippen LogP contribution < -0.4 is 5.32 Å². The minimum Gasteiger partial charge on any atom is -0.378 e. The number of nitrogens with zero attached hydrogens (tertiary/aromatic N) is 1. The number of halogens is 1. The Bertz CT molecular complexity index is 422. The van der Waals surface area contributed by atoms with Crippen molar-refractivity contribution >= 4 is 35.9 Å². The molecule has 0 spiro atoms. The summed E-state index contributed by atoms with van der Waals surface area (Å²) < 4.78 is 5.18. The smallest absolute Gasteiger partial charge is 0.322 e. The van der Waals surface area contributed by atoms with Crippen molar-refractivity contribution < 1.29 is 9.53 Å². The van der Waals surface area contributed by atoms with E-state index in [1.165, 1.54) is 0 Å². The van der Waals surface area contributed by atoms with Gasteiger partial charge in [0.05, 0.1) is 23.9 Å². The number of carbonyl (C=O) groups is 1. The molecule has 17 heavy (non-hydrogen) atoms. The molecule has 0 aliphatic carbocycles. The van der Waals surface area contributed by atoms with Gasteiger partial charge in [0.25, 0.3) is 0 Å². The van der Waals surface area contributed by atoms with Crippen molar-refractivity contribution in [3.8, 4) is 0 Å². The lowest BCUT2D eigenvalue weighted by atomic mass is 10.3. The van der Waals surface area contributed by atoms with Gasteiger partial charge in [-0.15, -0.1) is 12.6 Å². The van der Waals surface area contributed by atoms with Gasteiger partial charge in [-0.05, 0) is 18.2 Å². The summed E-state index contributed by atoms with van der Waals surface area (Å²) in [6.07, 6.45) is 0. The maximum atomic E-state index is 11.9. The highest BCUT2D eigenvalue weighted by atomic mass is 35.5. The van der Waals surface area contributed by atoms with Gasteiger partial charge in [0.2, 0.25) is 0 Å². The summed E-state index contributed by atoms with van der Waals surface area (Å²) in [7, 11) is 0. The summed E-state index contributed by atoms with van der Waals surface area (Å²) in [5, 5.41) is 3.26. The number of thiol groups is 1. The average molecular weight is 273 g/mol. The molecule has 1 aromatic rings. The average Bonchev–Trinajstić information content (AvgIpc) is 2.34. The van der Waals surface area contributed by atoms with E-state index in [2.05, 4.69) is 17.9 Å². The van der Waals surface area contributed by atoms with Crippen molar-refractivity contribution in [2.45, 2.75) is 4.90 Å². The Balaban J connectivity index is 2.02. The molecule has 1 saturated heterocycles. The molecule has 92 valence electrons. The fraction of sp³-hybridized carbons (Fsp3) is 0.364. The van der Waals surface area contributed by atoms with E-state index in [9.17, 15) is 4.79 Å². The molecule has 1 fully saturated rings. The number of hydrogen-bond acceptors (Lipinski definition) is 3. The molecular formula is C11H13ClN2O2S. The van der Waals surface area contributed by atoms with Crippen molar-refractivity contribution in [3.05, 3.63) is 23.2 Å². The topological polar surface area (TPSA) is 41.6 Å². The van der Waals surface area contributed by atoms with Crippen LogP contribution in [0.25, 0.3) is 0 Å². The third kappa shape index (κ3) is 3.28. The maximum absolute atomic E-state index is 11.9. The van der Waals surface area contributed by atoms with Gasteiger partial charge < -0.3 is 15.0 Å². The van der Waals surface area contributed by atoms with Crippen LogP contribution >= 0.6 is 24.2 Å². The van der Waals surface area contributed by atoms with Crippen molar-refractivity contribution in [2.24, 2.45) is 0 Å². The number of urea groups is 1. The maximum Gasteiger partial charge on any atom is 0.322 e. The van der Waals surface area contributed by atoms with E-state index < -0.39 is 0 Å². The standard InChI is InChI=1S/C11H13ClN2O2S/c12-9-7-8(17)1-2-10(9)13-11(15)14-3-5-16-6-4-14/h1-2,7,17H,3-6H2,(H,13,15). The number of ether oxygens (including phenoxy) is 1. The quantitative estimate of drug-likeness (QED) is 0.772. The van der Waals surface area contributed by atoms with Gasteiger partial charge in [-0.1, -0.05) is 11.6 Å². The molecule has 2 rings (SSSR count). The third-order valence-electron chi connectivity index (χ3n) is 2.49. The summed E-state index contributed by atoms with van der Waals surface area (Å²) in [5.74, 6) is 0. The first kappa shape index (κ1) is 12.5. The number of benzene rings is 1. The molecule has 1 aliphatic heterocycles. The second kappa shape index (κ2) is 5.62. The SMILES string of the molecule is O=C(Nc1ccc(S)cc1Cl)N1CCOCC1. The first-order chi connectivity index (χ1) is 8.16. The van der Waals surface area contributed by atoms with Crippen LogP contribution in [0.5, 0.6) is 0 Å². The van der Waals surface area contributed by atoms with Gasteiger partial charge in [0, 0.05) is 18.0 Å². The number of anilines is 1. The molecule has 0 atom stereocenters. The van der Waals surface area contributed by atoms with E-state index in [-0.39, 0.29) is 6.03 Å². The normalized spacial score (nSPS) is 15.8. The predicted octanol–water partition coefficient (Wildman–Crippen LogP) is 2.49. The molecule has 0 saturated carbocycles.